The Morgan fingerprint density at radius 3 is 2.46 bits per heavy atom. The standard InChI is InChI=1S/C19H16ClNO4S/c1-25-18-9-7-15(11-17(18)20)21-19(22)12-26(23,24)16-8-6-13-4-2-3-5-14(13)10-16/h2-11H,12H2,1H3,(H,21,22). The number of hydrogen-bond donors (Lipinski definition) is 1. The molecule has 134 valence electrons. The largest absolute Gasteiger partial charge is 0.495 e. The summed E-state index contributed by atoms with van der Waals surface area (Å²) in [5.74, 6) is -0.831. The van der Waals surface area contributed by atoms with Gasteiger partial charge in [0.25, 0.3) is 0 Å². The fourth-order valence-corrected chi connectivity index (χ4v) is 3.98. The number of methoxy groups -OCH3 is 1. The van der Waals surface area contributed by atoms with Gasteiger partial charge in [-0.05, 0) is 41.1 Å². The van der Waals surface area contributed by atoms with Crippen molar-refractivity contribution in [1.82, 2.24) is 0 Å². The number of fused-ring (bicyclic) bond motifs is 1. The van der Waals surface area contributed by atoms with E-state index in [1.54, 1.807) is 24.3 Å². The lowest BCUT2D eigenvalue weighted by atomic mass is 10.1. The molecule has 3 rings (SSSR count). The first-order valence-corrected chi connectivity index (χ1v) is 9.77. The second kappa shape index (κ2) is 7.35. The van der Waals surface area contributed by atoms with Crippen molar-refractivity contribution < 1.29 is 17.9 Å². The molecule has 0 aromatic heterocycles. The van der Waals surface area contributed by atoms with Crippen LogP contribution >= 0.6 is 11.6 Å². The topological polar surface area (TPSA) is 72.5 Å². The van der Waals surface area contributed by atoms with Crippen LogP contribution in [0.4, 0.5) is 5.69 Å². The van der Waals surface area contributed by atoms with E-state index < -0.39 is 21.5 Å². The molecule has 0 aliphatic carbocycles. The number of rotatable bonds is 5. The van der Waals surface area contributed by atoms with E-state index in [2.05, 4.69) is 5.32 Å². The minimum absolute atomic E-state index is 0.110. The maximum absolute atomic E-state index is 12.5. The first kappa shape index (κ1) is 18.2. The van der Waals surface area contributed by atoms with Gasteiger partial charge < -0.3 is 10.1 Å². The quantitative estimate of drug-likeness (QED) is 0.718. The van der Waals surface area contributed by atoms with Gasteiger partial charge in [0.1, 0.15) is 11.5 Å². The maximum atomic E-state index is 12.5. The monoisotopic (exact) mass is 389 g/mol. The Labute approximate surface area is 156 Å². The summed E-state index contributed by atoms with van der Waals surface area (Å²) in [5.41, 5.74) is 0.398. The molecule has 0 saturated carbocycles. The van der Waals surface area contributed by atoms with Crippen LogP contribution in [0, 0.1) is 0 Å². The van der Waals surface area contributed by atoms with E-state index >= 15 is 0 Å². The zero-order valence-corrected chi connectivity index (χ0v) is 15.5. The molecular formula is C19H16ClNO4S. The normalized spacial score (nSPS) is 11.3. The van der Waals surface area contributed by atoms with Crippen LogP contribution in [0.15, 0.2) is 65.6 Å². The number of sulfone groups is 1. The molecule has 7 heteroatoms. The predicted molar refractivity (Wildman–Crippen MR) is 103 cm³/mol. The zero-order chi connectivity index (χ0) is 18.7. The van der Waals surface area contributed by atoms with Crippen molar-refractivity contribution in [3.8, 4) is 5.75 Å². The summed E-state index contributed by atoms with van der Waals surface area (Å²) in [7, 11) is -2.28. The van der Waals surface area contributed by atoms with E-state index in [0.717, 1.165) is 10.8 Å². The Morgan fingerprint density at radius 1 is 1.04 bits per heavy atom. The van der Waals surface area contributed by atoms with Crippen LogP contribution in [0.25, 0.3) is 10.8 Å². The van der Waals surface area contributed by atoms with Crippen LogP contribution in [-0.4, -0.2) is 27.2 Å². The number of anilines is 1. The molecule has 0 spiro atoms. The summed E-state index contributed by atoms with van der Waals surface area (Å²) in [6.45, 7) is 0. The van der Waals surface area contributed by atoms with E-state index in [-0.39, 0.29) is 4.90 Å². The number of carbonyl (C=O) groups excluding carboxylic acids is 1. The lowest BCUT2D eigenvalue weighted by molar-refractivity contribution is -0.113. The van der Waals surface area contributed by atoms with E-state index in [0.29, 0.717) is 16.5 Å². The van der Waals surface area contributed by atoms with Crippen molar-refractivity contribution in [3.05, 3.63) is 65.7 Å². The number of benzene rings is 3. The number of ether oxygens (including phenoxy) is 1. The Balaban J connectivity index is 1.77. The van der Waals surface area contributed by atoms with E-state index in [1.807, 2.05) is 24.3 Å². The van der Waals surface area contributed by atoms with Crippen molar-refractivity contribution in [1.29, 1.82) is 0 Å². The molecule has 0 bridgehead atoms. The van der Waals surface area contributed by atoms with Gasteiger partial charge in [-0.3, -0.25) is 4.79 Å². The smallest absolute Gasteiger partial charge is 0.239 e. The average molecular weight is 390 g/mol. The van der Waals surface area contributed by atoms with Gasteiger partial charge >= 0.3 is 0 Å². The summed E-state index contributed by atoms with van der Waals surface area (Å²) >= 11 is 6.00. The maximum Gasteiger partial charge on any atom is 0.239 e. The SMILES string of the molecule is COc1ccc(NC(=O)CS(=O)(=O)c2ccc3ccccc3c2)cc1Cl. The van der Waals surface area contributed by atoms with E-state index in [9.17, 15) is 13.2 Å². The van der Waals surface area contributed by atoms with Gasteiger partial charge in [-0.2, -0.15) is 0 Å². The molecule has 5 nitrogen and oxygen atoms in total. The highest BCUT2D eigenvalue weighted by Crippen LogP contribution is 2.27. The minimum atomic E-state index is -3.76. The van der Waals surface area contributed by atoms with Gasteiger partial charge in [0, 0.05) is 5.69 Å². The van der Waals surface area contributed by atoms with Gasteiger partial charge in [0.05, 0.1) is 17.0 Å². The third-order valence-corrected chi connectivity index (χ3v) is 5.75. The Morgan fingerprint density at radius 2 is 1.77 bits per heavy atom. The van der Waals surface area contributed by atoms with Crippen molar-refractivity contribution in [2.24, 2.45) is 0 Å². The number of carbonyl (C=O) groups is 1. The van der Waals surface area contributed by atoms with E-state index in [4.69, 9.17) is 16.3 Å². The summed E-state index contributed by atoms with van der Waals surface area (Å²) in [6, 6.07) is 16.9. The molecule has 0 heterocycles. The second-order valence-corrected chi connectivity index (χ2v) is 8.06. The molecule has 26 heavy (non-hydrogen) atoms. The highest BCUT2D eigenvalue weighted by molar-refractivity contribution is 7.92. The molecule has 0 aliphatic rings. The van der Waals surface area contributed by atoms with Crippen molar-refractivity contribution in [2.45, 2.75) is 4.90 Å². The first-order valence-electron chi connectivity index (χ1n) is 7.74. The number of hydrogen-bond acceptors (Lipinski definition) is 4. The number of halogens is 1. The molecular weight excluding hydrogens is 374 g/mol. The zero-order valence-electron chi connectivity index (χ0n) is 13.9. The molecule has 0 unspecified atom stereocenters. The summed E-state index contributed by atoms with van der Waals surface area (Å²) in [5, 5.41) is 4.60. The predicted octanol–water partition coefficient (Wildman–Crippen LogP) is 3.91. The van der Waals surface area contributed by atoms with E-state index in [1.165, 1.54) is 19.2 Å². The fourth-order valence-electron chi connectivity index (χ4n) is 2.56. The lowest BCUT2D eigenvalue weighted by Gasteiger charge is -2.09. The second-order valence-electron chi connectivity index (χ2n) is 5.67. The van der Waals surface area contributed by atoms with Crippen LogP contribution in [0.2, 0.25) is 5.02 Å². The number of amides is 1. The van der Waals surface area contributed by atoms with Crippen LogP contribution in [0.5, 0.6) is 5.75 Å². The first-order chi connectivity index (χ1) is 12.4. The molecule has 3 aromatic carbocycles. The molecule has 1 N–H and O–H groups in total. The molecule has 3 aromatic rings. The molecule has 0 saturated heterocycles. The Bertz CT molecular complexity index is 1080. The summed E-state index contributed by atoms with van der Waals surface area (Å²) < 4.78 is 30.1. The molecule has 0 atom stereocenters. The van der Waals surface area contributed by atoms with Gasteiger partial charge in [-0.15, -0.1) is 0 Å². The van der Waals surface area contributed by atoms with Gasteiger partial charge in [0.15, 0.2) is 9.84 Å². The van der Waals surface area contributed by atoms with Gasteiger partial charge in [-0.1, -0.05) is 41.9 Å². The van der Waals surface area contributed by atoms with Crippen molar-refractivity contribution >= 4 is 43.8 Å². The molecule has 0 fully saturated rings. The Hall–Kier alpha value is -2.57. The number of nitrogens with one attached hydrogen (secondary N) is 1. The van der Waals surface area contributed by atoms with Crippen molar-refractivity contribution in [3.63, 3.8) is 0 Å². The van der Waals surface area contributed by atoms with Crippen LogP contribution in [0.1, 0.15) is 0 Å². The van der Waals surface area contributed by atoms with Gasteiger partial charge in [0.2, 0.25) is 5.91 Å². The van der Waals surface area contributed by atoms with Crippen LogP contribution in [-0.2, 0) is 14.6 Å². The third kappa shape index (κ3) is 3.98. The fraction of sp³-hybridized carbons (Fsp3) is 0.105. The summed E-state index contributed by atoms with van der Waals surface area (Å²) in [4.78, 5) is 12.3. The molecule has 0 aliphatic heterocycles. The highest BCUT2D eigenvalue weighted by atomic mass is 35.5. The van der Waals surface area contributed by atoms with Crippen LogP contribution in [0.3, 0.4) is 0 Å². The van der Waals surface area contributed by atoms with Crippen LogP contribution < -0.4 is 10.1 Å². The average Bonchev–Trinajstić information content (AvgIpc) is 2.61. The van der Waals surface area contributed by atoms with Crippen molar-refractivity contribution in [2.75, 3.05) is 18.2 Å². The highest BCUT2D eigenvalue weighted by Gasteiger charge is 2.20. The lowest BCUT2D eigenvalue weighted by Crippen LogP contribution is -2.23. The Kier molecular flexibility index (Phi) is 5.15. The third-order valence-electron chi connectivity index (χ3n) is 3.84. The van der Waals surface area contributed by atoms with Gasteiger partial charge in [-0.25, -0.2) is 8.42 Å². The molecule has 0 radical (unpaired) electrons. The molecule has 1 amide bonds. The minimum Gasteiger partial charge on any atom is -0.495 e. The summed E-state index contributed by atoms with van der Waals surface area (Å²) in [6.07, 6.45) is 0.